The van der Waals surface area contributed by atoms with Crippen LogP contribution in [0.5, 0.6) is 0 Å². The topological polar surface area (TPSA) is 64.4 Å². The SMILES string of the molecule is CC1CCCN1S(=O)(=O)N(CCC#N)c1ccc(F)cc1. The zero-order chi connectivity index (χ0) is 15.5. The maximum atomic E-state index is 13.0. The monoisotopic (exact) mass is 311 g/mol. The number of hydrogen-bond acceptors (Lipinski definition) is 3. The average Bonchev–Trinajstić information content (AvgIpc) is 2.88. The van der Waals surface area contributed by atoms with E-state index in [1.807, 2.05) is 13.0 Å². The highest BCUT2D eigenvalue weighted by Crippen LogP contribution is 2.27. The maximum absolute atomic E-state index is 13.0. The van der Waals surface area contributed by atoms with Crippen LogP contribution >= 0.6 is 0 Å². The zero-order valence-corrected chi connectivity index (χ0v) is 12.7. The Morgan fingerprint density at radius 1 is 1.43 bits per heavy atom. The van der Waals surface area contributed by atoms with Crippen LogP contribution in [-0.2, 0) is 10.2 Å². The molecule has 1 atom stereocenters. The van der Waals surface area contributed by atoms with Crippen molar-refractivity contribution >= 4 is 15.9 Å². The Kier molecular flexibility index (Phi) is 4.80. The van der Waals surface area contributed by atoms with Crippen LogP contribution in [0.15, 0.2) is 24.3 Å². The summed E-state index contributed by atoms with van der Waals surface area (Å²) in [5, 5.41) is 8.74. The van der Waals surface area contributed by atoms with E-state index in [1.54, 1.807) is 0 Å². The molecule has 1 heterocycles. The number of nitrogens with zero attached hydrogens (tertiary/aromatic N) is 3. The van der Waals surface area contributed by atoms with E-state index in [-0.39, 0.29) is 19.0 Å². The highest BCUT2D eigenvalue weighted by Gasteiger charge is 2.36. The largest absolute Gasteiger partial charge is 0.304 e. The highest BCUT2D eigenvalue weighted by molar-refractivity contribution is 7.90. The lowest BCUT2D eigenvalue weighted by Gasteiger charge is -2.30. The highest BCUT2D eigenvalue weighted by atomic mass is 32.2. The molecule has 0 amide bonds. The number of anilines is 1. The van der Waals surface area contributed by atoms with E-state index in [0.29, 0.717) is 12.2 Å². The van der Waals surface area contributed by atoms with Crippen molar-refractivity contribution in [3.8, 4) is 6.07 Å². The van der Waals surface area contributed by atoms with Crippen molar-refractivity contribution in [2.24, 2.45) is 0 Å². The van der Waals surface area contributed by atoms with Gasteiger partial charge >= 0.3 is 10.2 Å². The Labute approximate surface area is 124 Å². The quantitative estimate of drug-likeness (QED) is 0.838. The first-order valence-corrected chi connectivity index (χ1v) is 8.28. The van der Waals surface area contributed by atoms with E-state index in [2.05, 4.69) is 0 Å². The molecule has 1 aromatic rings. The van der Waals surface area contributed by atoms with Gasteiger partial charge in [0.1, 0.15) is 5.82 Å². The van der Waals surface area contributed by atoms with E-state index < -0.39 is 16.0 Å². The molecule has 0 saturated carbocycles. The normalized spacial score (nSPS) is 19.4. The van der Waals surface area contributed by atoms with Crippen LogP contribution in [0.2, 0.25) is 0 Å². The van der Waals surface area contributed by atoms with Crippen molar-refractivity contribution in [2.75, 3.05) is 17.4 Å². The lowest BCUT2D eigenvalue weighted by Crippen LogP contribution is -2.45. The number of nitriles is 1. The summed E-state index contributed by atoms with van der Waals surface area (Å²) in [5.41, 5.74) is 0.380. The van der Waals surface area contributed by atoms with Crippen LogP contribution in [0.25, 0.3) is 0 Å². The van der Waals surface area contributed by atoms with E-state index in [0.717, 1.165) is 12.8 Å². The first kappa shape index (κ1) is 15.7. The Balaban J connectivity index is 2.35. The molecule has 0 aromatic heterocycles. The molecule has 0 aliphatic carbocycles. The molecule has 1 aliphatic rings. The molecule has 0 radical (unpaired) electrons. The predicted molar refractivity (Wildman–Crippen MR) is 78.3 cm³/mol. The Hall–Kier alpha value is -1.65. The van der Waals surface area contributed by atoms with Crippen LogP contribution in [0.1, 0.15) is 26.2 Å². The molecule has 1 aromatic carbocycles. The van der Waals surface area contributed by atoms with Crippen molar-refractivity contribution in [3.63, 3.8) is 0 Å². The number of halogens is 1. The van der Waals surface area contributed by atoms with Crippen molar-refractivity contribution < 1.29 is 12.8 Å². The van der Waals surface area contributed by atoms with Crippen LogP contribution in [0, 0.1) is 17.1 Å². The van der Waals surface area contributed by atoms with Gasteiger partial charge in [0.25, 0.3) is 0 Å². The minimum absolute atomic E-state index is 0.0555. The van der Waals surface area contributed by atoms with Gasteiger partial charge in [-0.25, -0.2) is 4.39 Å². The summed E-state index contributed by atoms with van der Waals surface area (Å²) in [6.07, 6.45) is 1.74. The van der Waals surface area contributed by atoms with Gasteiger partial charge in [-0.2, -0.15) is 18.0 Å². The van der Waals surface area contributed by atoms with Crippen LogP contribution < -0.4 is 4.31 Å². The average molecular weight is 311 g/mol. The van der Waals surface area contributed by atoms with Crippen molar-refractivity contribution in [1.82, 2.24) is 4.31 Å². The summed E-state index contributed by atoms with van der Waals surface area (Å²) in [4.78, 5) is 0. The van der Waals surface area contributed by atoms with Crippen molar-refractivity contribution in [3.05, 3.63) is 30.1 Å². The molecule has 2 rings (SSSR count). The summed E-state index contributed by atoms with van der Waals surface area (Å²) in [5.74, 6) is -0.425. The molecule has 1 unspecified atom stereocenters. The predicted octanol–water partition coefficient (Wildman–Crippen LogP) is 2.27. The van der Waals surface area contributed by atoms with E-state index in [4.69, 9.17) is 5.26 Å². The summed E-state index contributed by atoms with van der Waals surface area (Å²) in [6, 6.07) is 7.18. The van der Waals surface area contributed by atoms with Gasteiger partial charge in [-0.05, 0) is 44.0 Å². The minimum atomic E-state index is -3.70. The third kappa shape index (κ3) is 3.34. The van der Waals surface area contributed by atoms with E-state index in [1.165, 1.54) is 32.9 Å². The Morgan fingerprint density at radius 3 is 2.62 bits per heavy atom. The van der Waals surface area contributed by atoms with Gasteiger partial charge in [-0.3, -0.25) is 4.31 Å². The third-order valence-corrected chi connectivity index (χ3v) is 5.69. The molecule has 114 valence electrons. The number of benzene rings is 1. The smallest absolute Gasteiger partial charge is 0.257 e. The molecule has 7 heteroatoms. The summed E-state index contributed by atoms with van der Waals surface area (Å²) in [6.45, 7) is 2.42. The van der Waals surface area contributed by atoms with Gasteiger partial charge in [0.05, 0.1) is 18.2 Å². The molecule has 1 fully saturated rings. The first-order valence-electron chi connectivity index (χ1n) is 6.89. The lowest BCUT2D eigenvalue weighted by atomic mass is 10.3. The second kappa shape index (κ2) is 6.41. The molecule has 0 spiro atoms. The van der Waals surface area contributed by atoms with Crippen molar-refractivity contribution in [2.45, 2.75) is 32.2 Å². The zero-order valence-electron chi connectivity index (χ0n) is 11.9. The lowest BCUT2D eigenvalue weighted by molar-refractivity contribution is 0.406. The van der Waals surface area contributed by atoms with Gasteiger partial charge in [0.15, 0.2) is 0 Å². The second-order valence-corrected chi connectivity index (χ2v) is 6.87. The molecule has 0 N–H and O–H groups in total. The van der Waals surface area contributed by atoms with Gasteiger partial charge in [-0.15, -0.1) is 0 Å². The summed E-state index contributed by atoms with van der Waals surface area (Å²) in [7, 11) is -3.70. The Morgan fingerprint density at radius 2 is 2.10 bits per heavy atom. The molecular formula is C14H18FN3O2S. The summed E-state index contributed by atoms with van der Waals surface area (Å²) >= 11 is 0. The molecule has 0 bridgehead atoms. The Bertz CT molecular complexity index is 625. The van der Waals surface area contributed by atoms with Crippen LogP contribution in [-0.4, -0.2) is 31.9 Å². The molecule has 1 aliphatic heterocycles. The third-order valence-electron chi connectivity index (χ3n) is 3.61. The van der Waals surface area contributed by atoms with Gasteiger partial charge in [-0.1, -0.05) is 0 Å². The summed E-state index contributed by atoms with van der Waals surface area (Å²) < 4.78 is 41.2. The molecular weight excluding hydrogens is 293 g/mol. The molecule has 5 nitrogen and oxygen atoms in total. The minimum Gasteiger partial charge on any atom is -0.257 e. The van der Waals surface area contributed by atoms with Gasteiger partial charge in [0, 0.05) is 19.1 Å². The second-order valence-electron chi connectivity index (χ2n) is 5.07. The fraction of sp³-hybridized carbons (Fsp3) is 0.500. The van der Waals surface area contributed by atoms with Gasteiger partial charge < -0.3 is 0 Å². The maximum Gasteiger partial charge on any atom is 0.304 e. The van der Waals surface area contributed by atoms with Crippen LogP contribution in [0.4, 0.5) is 10.1 Å². The first-order chi connectivity index (χ1) is 9.96. The standard InChI is InChI=1S/C14H18FN3O2S/c1-12-4-2-10-17(12)21(19,20)18(11-3-9-16)14-7-5-13(15)6-8-14/h5-8,12H,2-4,10-11H2,1H3. The van der Waals surface area contributed by atoms with Crippen molar-refractivity contribution in [1.29, 1.82) is 5.26 Å². The fourth-order valence-corrected chi connectivity index (χ4v) is 4.40. The van der Waals surface area contributed by atoms with E-state index in [9.17, 15) is 12.8 Å². The molecule has 21 heavy (non-hydrogen) atoms. The van der Waals surface area contributed by atoms with E-state index >= 15 is 0 Å². The number of rotatable bonds is 5. The fourth-order valence-electron chi connectivity index (χ4n) is 2.51. The number of hydrogen-bond donors (Lipinski definition) is 0. The van der Waals surface area contributed by atoms with Gasteiger partial charge in [0.2, 0.25) is 0 Å². The molecule has 1 saturated heterocycles. The van der Waals surface area contributed by atoms with Crippen LogP contribution in [0.3, 0.4) is 0 Å².